The van der Waals surface area contributed by atoms with Crippen LogP contribution in [0, 0.1) is 0 Å². The van der Waals surface area contributed by atoms with Crippen LogP contribution in [-0.2, 0) is 11.2 Å². The van der Waals surface area contributed by atoms with E-state index < -0.39 is 6.04 Å². The second-order valence-electron chi connectivity index (χ2n) is 8.21. The molecule has 4 rings (SSSR count). The lowest BCUT2D eigenvalue weighted by atomic mass is 9.91. The van der Waals surface area contributed by atoms with Crippen LogP contribution in [0.25, 0.3) is 0 Å². The molecule has 0 saturated carbocycles. The molecule has 0 unspecified atom stereocenters. The molecule has 1 amide bonds. The molecule has 0 radical (unpaired) electrons. The van der Waals surface area contributed by atoms with Gasteiger partial charge in [0.25, 0.3) is 5.91 Å². The van der Waals surface area contributed by atoms with Gasteiger partial charge in [0.05, 0.1) is 43.0 Å². The molecule has 3 aromatic carbocycles. The fraction of sp³-hybridized carbons (Fsp3) is 0.286. The van der Waals surface area contributed by atoms with Crippen molar-refractivity contribution in [3.63, 3.8) is 0 Å². The Bertz CT molecular complexity index is 1240. The molecule has 36 heavy (non-hydrogen) atoms. The zero-order chi connectivity index (χ0) is 25.7. The summed E-state index contributed by atoms with van der Waals surface area (Å²) in [6.45, 7) is 2.75. The van der Waals surface area contributed by atoms with E-state index in [1.54, 1.807) is 74.6 Å². The van der Waals surface area contributed by atoms with Gasteiger partial charge in [0, 0.05) is 6.54 Å². The molecule has 1 atom stereocenters. The topological polar surface area (TPSA) is 74.3 Å². The minimum absolute atomic E-state index is 0.174. The van der Waals surface area contributed by atoms with E-state index in [4.69, 9.17) is 30.5 Å². The van der Waals surface area contributed by atoms with E-state index in [2.05, 4.69) is 0 Å². The smallest absolute Gasteiger partial charge is 0.338 e. The molecule has 0 saturated heterocycles. The summed E-state index contributed by atoms with van der Waals surface area (Å²) in [5, 5.41) is 0.398. The van der Waals surface area contributed by atoms with Gasteiger partial charge >= 0.3 is 5.97 Å². The lowest BCUT2D eigenvalue weighted by molar-refractivity contribution is 0.0524. The van der Waals surface area contributed by atoms with Crippen molar-refractivity contribution in [2.75, 3.05) is 34.0 Å². The first-order valence-electron chi connectivity index (χ1n) is 11.7. The van der Waals surface area contributed by atoms with E-state index in [9.17, 15) is 9.59 Å². The highest BCUT2D eigenvalue weighted by molar-refractivity contribution is 6.33. The zero-order valence-corrected chi connectivity index (χ0v) is 21.2. The lowest BCUT2D eigenvalue weighted by Gasteiger charge is -2.37. The second-order valence-corrected chi connectivity index (χ2v) is 8.61. The third kappa shape index (κ3) is 5.26. The molecular weight excluding hydrogens is 482 g/mol. The van der Waals surface area contributed by atoms with Crippen molar-refractivity contribution < 1.29 is 28.5 Å². The monoisotopic (exact) mass is 509 g/mol. The van der Waals surface area contributed by atoms with Crippen LogP contribution >= 0.6 is 11.6 Å². The Balaban J connectivity index is 1.65. The van der Waals surface area contributed by atoms with Crippen molar-refractivity contribution >= 4 is 23.5 Å². The predicted octanol–water partition coefficient (Wildman–Crippen LogP) is 5.35. The molecule has 188 valence electrons. The number of methoxy groups -OCH3 is 2. The van der Waals surface area contributed by atoms with Crippen molar-refractivity contribution in [3.05, 3.63) is 87.9 Å². The number of amides is 1. The quantitative estimate of drug-likeness (QED) is 0.381. The van der Waals surface area contributed by atoms with Crippen LogP contribution in [0.4, 0.5) is 0 Å². The van der Waals surface area contributed by atoms with Gasteiger partial charge in [-0.2, -0.15) is 0 Å². The van der Waals surface area contributed by atoms with Crippen LogP contribution in [0.1, 0.15) is 44.8 Å². The number of benzene rings is 3. The third-order valence-corrected chi connectivity index (χ3v) is 6.47. The highest BCUT2D eigenvalue weighted by Crippen LogP contribution is 2.39. The van der Waals surface area contributed by atoms with E-state index in [1.807, 2.05) is 12.1 Å². The molecule has 3 aromatic rings. The number of halogens is 1. The van der Waals surface area contributed by atoms with E-state index in [1.165, 1.54) is 0 Å². The number of carbonyl (C=O) groups excluding carboxylic acids is 2. The summed E-state index contributed by atoms with van der Waals surface area (Å²) in [7, 11) is 3.18. The van der Waals surface area contributed by atoms with Crippen LogP contribution in [0.5, 0.6) is 17.2 Å². The number of fused-ring (bicyclic) bond motifs is 1. The van der Waals surface area contributed by atoms with Gasteiger partial charge in [0.15, 0.2) is 11.5 Å². The van der Waals surface area contributed by atoms with E-state index in [0.29, 0.717) is 53.0 Å². The molecule has 8 heteroatoms. The van der Waals surface area contributed by atoms with Crippen molar-refractivity contribution in [2.24, 2.45) is 0 Å². The molecule has 7 nitrogen and oxygen atoms in total. The van der Waals surface area contributed by atoms with Crippen molar-refractivity contribution in [3.8, 4) is 17.2 Å². The third-order valence-electron chi connectivity index (χ3n) is 6.14. The number of carbonyl (C=O) groups is 2. The van der Waals surface area contributed by atoms with Crippen LogP contribution in [0.3, 0.4) is 0 Å². The molecule has 1 aliphatic heterocycles. The van der Waals surface area contributed by atoms with Crippen LogP contribution in [0.15, 0.2) is 60.7 Å². The molecule has 0 bridgehead atoms. The Labute approximate surface area is 215 Å². The Morgan fingerprint density at radius 3 is 2.36 bits per heavy atom. The van der Waals surface area contributed by atoms with Gasteiger partial charge in [-0.25, -0.2) is 4.79 Å². The number of hydrogen-bond acceptors (Lipinski definition) is 6. The molecule has 0 aromatic heterocycles. The minimum atomic E-state index is -0.401. The maximum Gasteiger partial charge on any atom is 0.338 e. The first kappa shape index (κ1) is 25.4. The van der Waals surface area contributed by atoms with Crippen molar-refractivity contribution in [1.29, 1.82) is 0 Å². The molecular formula is C28H28ClNO6. The number of ether oxygens (including phenoxy) is 4. The second kappa shape index (κ2) is 11.4. The van der Waals surface area contributed by atoms with Crippen molar-refractivity contribution in [2.45, 2.75) is 19.4 Å². The largest absolute Gasteiger partial charge is 0.493 e. The minimum Gasteiger partial charge on any atom is -0.493 e. The highest BCUT2D eigenvalue weighted by atomic mass is 35.5. The molecule has 1 aliphatic rings. The maximum absolute atomic E-state index is 13.6. The van der Waals surface area contributed by atoms with Gasteiger partial charge in [0.2, 0.25) is 0 Å². The standard InChI is InChI=1S/C28H28ClNO6/c1-4-35-28(32)18-9-11-20(12-10-18)36-17-24-22-16-26(34-3)25(33-2)15-19(22)13-14-30(24)27(31)21-7-5-6-8-23(21)29/h5-12,15-16,24H,4,13-14,17H2,1-3H3/t24-/m0/s1. The lowest BCUT2D eigenvalue weighted by Crippen LogP contribution is -2.42. The first-order valence-corrected chi connectivity index (χ1v) is 12.0. The van der Waals surface area contributed by atoms with Gasteiger partial charge in [-0.1, -0.05) is 23.7 Å². The highest BCUT2D eigenvalue weighted by Gasteiger charge is 2.34. The molecule has 1 heterocycles. The van der Waals surface area contributed by atoms with Gasteiger partial charge in [-0.05, 0) is 73.0 Å². The summed E-state index contributed by atoms with van der Waals surface area (Å²) in [5.41, 5.74) is 2.86. The summed E-state index contributed by atoms with van der Waals surface area (Å²) < 4.78 is 22.2. The normalized spacial score (nSPS) is 14.6. The summed E-state index contributed by atoms with van der Waals surface area (Å²) in [5.74, 6) is 1.22. The fourth-order valence-corrected chi connectivity index (χ4v) is 4.53. The fourth-order valence-electron chi connectivity index (χ4n) is 4.32. The van der Waals surface area contributed by atoms with E-state index in [-0.39, 0.29) is 18.5 Å². The van der Waals surface area contributed by atoms with Gasteiger partial charge < -0.3 is 23.8 Å². The Morgan fingerprint density at radius 1 is 1.00 bits per heavy atom. The summed E-state index contributed by atoms with van der Waals surface area (Å²) >= 11 is 6.36. The molecule has 0 aliphatic carbocycles. The first-order chi connectivity index (χ1) is 17.5. The van der Waals surface area contributed by atoms with Gasteiger partial charge in [-0.3, -0.25) is 4.79 Å². The summed E-state index contributed by atoms with van der Waals surface area (Å²) in [4.78, 5) is 27.3. The predicted molar refractivity (Wildman–Crippen MR) is 136 cm³/mol. The summed E-state index contributed by atoms with van der Waals surface area (Å²) in [6.07, 6.45) is 0.649. The van der Waals surface area contributed by atoms with Crippen LogP contribution in [0.2, 0.25) is 5.02 Å². The van der Waals surface area contributed by atoms with Crippen molar-refractivity contribution in [1.82, 2.24) is 4.90 Å². The Hall–Kier alpha value is -3.71. The number of hydrogen-bond donors (Lipinski definition) is 0. The number of rotatable bonds is 8. The molecule has 0 spiro atoms. The molecule has 0 fully saturated rings. The average Bonchev–Trinajstić information content (AvgIpc) is 2.91. The Morgan fingerprint density at radius 2 is 1.69 bits per heavy atom. The van der Waals surface area contributed by atoms with Crippen LogP contribution in [-0.4, -0.2) is 50.8 Å². The SMILES string of the molecule is CCOC(=O)c1ccc(OC[C@H]2c3cc(OC)c(OC)cc3CCN2C(=O)c2ccccc2Cl)cc1. The van der Waals surface area contributed by atoms with E-state index >= 15 is 0 Å². The maximum atomic E-state index is 13.6. The van der Waals surface area contributed by atoms with Crippen LogP contribution < -0.4 is 14.2 Å². The molecule has 0 N–H and O–H groups in total. The Kier molecular flexibility index (Phi) is 8.00. The van der Waals surface area contributed by atoms with Gasteiger partial charge in [-0.15, -0.1) is 0 Å². The zero-order valence-electron chi connectivity index (χ0n) is 20.5. The average molecular weight is 510 g/mol. The van der Waals surface area contributed by atoms with Gasteiger partial charge in [0.1, 0.15) is 12.4 Å². The number of nitrogens with zero attached hydrogens (tertiary/aromatic N) is 1. The number of esters is 1. The van der Waals surface area contributed by atoms with E-state index in [0.717, 1.165) is 11.1 Å². The summed E-state index contributed by atoms with van der Waals surface area (Å²) in [6, 6.07) is 17.2.